The predicted octanol–water partition coefficient (Wildman–Crippen LogP) is 3.51. The van der Waals surface area contributed by atoms with E-state index in [2.05, 4.69) is 6.92 Å². The largest absolute Gasteiger partial charge is 0.390 e. The van der Waals surface area contributed by atoms with E-state index in [4.69, 9.17) is 0 Å². The van der Waals surface area contributed by atoms with Crippen LogP contribution in [0, 0.1) is 11.8 Å². The minimum Gasteiger partial charge on any atom is -0.390 e. The highest BCUT2D eigenvalue weighted by Gasteiger charge is 2.40. The fraction of sp³-hybridized carbons (Fsp3) is 1.00. The number of hydrogen-bond acceptors (Lipinski definition) is 1. The first-order chi connectivity index (χ1) is 6.71. The molecule has 82 valence electrons. The molecule has 0 aromatic heterocycles. The van der Waals surface area contributed by atoms with Gasteiger partial charge in [-0.05, 0) is 44.4 Å². The van der Waals surface area contributed by atoms with Crippen molar-refractivity contribution in [2.24, 2.45) is 11.8 Å². The third-order valence-electron chi connectivity index (χ3n) is 4.61. The fourth-order valence-electron chi connectivity index (χ4n) is 3.53. The van der Waals surface area contributed by atoms with E-state index in [1.54, 1.807) is 0 Å². The lowest BCUT2D eigenvalue weighted by Gasteiger charge is -2.40. The Bertz CT molecular complexity index is 174. The average Bonchev–Trinajstić information content (AvgIpc) is 2.72. The van der Waals surface area contributed by atoms with Gasteiger partial charge in [0.15, 0.2) is 0 Å². The average molecular weight is 196 g/mol. The van der Waals surface area contributed by atoms with Crippen molar-refractivity contribution < 1.29 is 5.11 Å². The van der Waals surface area contributed by atoms with E-state index in [1.165, 1.54) is 57.8 Å². The second kappa shape index (κ2) is 4.22. The van der Waals surface area contributed by atoms with Gasteiger partial charge in [-0.1, -0.05) is 32.1 Å². The predicted molar refractivity (Wildman–Crippen MR) is 59.2 cm³/mol. The van der Waals surface area contributed by atoms with Crippen LogP contribution in [0.1, 0.15) is 64.7 Å². The Morgan fingerprint density at radius 2 is 1.14 bits per heavy atom. The molecule has 2 saturated carbocycles. The number of aliphatic hydroxyl groups is 1. The molecular weight excluding hydrogens is 172 g/mol. The van der Waals surface area contributed by atoms with Crippen LogP contribution in [0.5, 0.6) is 0 Å². The maximum atomic E-state index is 10.6. The molecule has 1 heteroatoms. The van der Waals surface area contributed by atoms with Gasteiger partial charge in [-0.15, -0.1) is 0 Å². The maximum Gasteiger partial charge on any atom is 0.0675 e. The molecule has 0 bridgehead atoms. The van der Waals surface area contributed by atoms with Gasteiger partial charge in [0, 0.05) is 0 Å². The Balaban J connectivity index is 1.97. The van der Waals surface area contributed by atoms with Crippen LogP contribution in [-0.2, 0) is 0 Å². The van der Waals surface area contributed by atoms with E-state index in [9.17, 15) is 5.11 Å². The molecule has 2 fully saturated rings. The Kier molecular flexibility index (Phi) is 3.16. The first kappa shape index (κ1) is 10.5. The van der Waals surface area contributed by atoms with Gasteiger partial charge in [0.05, 0.1) is 5.60 Å². The van der Waals surface area contributed by atoms with Gasteiger partial charge in [-0.25, -0.2) is 0 Å². The van der Waals surface area contributed by atoms with Crippen LogP contribution in [0.25, 0.3) is 0 Å². The summed E-state index contributed by atoms with van der Waals surface area (Å²) in [5.74, 6) is 1.20. The summed E-state index contributed by atoms with van der Waals surface area (Å²) in [5, 5.41) is 10.6. The first-order valence-electron chi connectivity index (χ1n) is 6.43. The van der Waals surface area contributed by atoms with Gasteiger partial charge in [0.1, 0.15) is 0 Å². The fourth-order valence-corrected chi connectivity index (χ4v) is 3.53. The molecule has 0 saturated heterocycles. The monoisotopic (exact) mass is 196 g/mol. The SMILES string of the molecule is C[C@@](O)(C1CCCCC1)C1CCCC1. The van der Waals surface area contributed by atoms with Crippen molar-refractivity contribution in [3.8, 4) is 0 Å². The molecule has 1 atom stereocenters. The standard InChI is InChI=1S/C13H24O/c1-13(14,12-9-5-6-10-12)11-7-3-2-4-8-11/h11-12,14H,2-10H2,1H3/t13-/m1/s1. The highest BCUT2D eigenvalue weighted by atomic mass is 16.3. The highest BCUT2D eigenvalue weighted by Crippen LogP contribution is 2.43. The van der Waals surface area contributed by atoms with E-state index in [-0.39, 0.29) is 5.60 Å². The summed E-state index contributed by atoms with van der Waals surface area (Å²) >= 11 is 0. The molecule has 0 radical (unpaired) electrons. The second-order valence-corrected chi connectivity index (χ2v) is 5.54. The van der Waals surface area contributed by atoms with Crippen molar-refractivity contribution in [2.45, 2.75) is 70.3 Å². The van der Waals surface area contributed by atoms with Crippen LogP contribution < -0.4 is 0 Å². The molecular formula is C13H24O. The molecule has 0 unspecified atom stereocenters. The van der Waals surface area contributed by atoms with Crippen molar-refractivity contribution in [1.82, 2.24) is 0 Å². The molecule has 1 nitrogen and oxygen atoms in total. The minimum absolute atomic E-state index is 0.350. The summed E-state index contributed by atoms with van der Waals surface area (Å²) in [5.41, 5.74) is -0.350. The summed E-state index contributed by atoms with van der Waals surface area (Å²) in [4.78, 5) is 0. The highest BCUT2D eigenvalue weighted by molar-refractivity contribution is 4.92. The Morgan fingerprint density at radius 3 is 1.57 bits per heavy atom. The molecule has 1 N–H and O–H groups in total. The zero-order valence-corrected chi connectivity index (χ0v) is 9.47. The molecule has 0 aliphatic heterocycles. The quantitative estimate of drug-likeness (QED) is 0.716. The zero-order valence-electron chi connectivity index (χ0n) is 9.47. The van der Waals surface area contributed by atoms with E-state index in [0.717, 1.165) is 0 Å². The molecule has 2 aliphatic carbocycles. The summed E-state index contributed by atoms with van der Waals surface area (Å²) in [6.45, 7) is 2.11. The van der Waals surface area contributed by atoms with Gasteiger partial charge in [-0.3, -0.25) is 0 Å². The van der Waals surface area contributed by atoms with Crippen LogP contribution in [0.15, 0.2) is 0 Å². The molecule has 2 rings (SSSR count). The van der Waals surface area contributed by atoms with Crippen LogP contribution in [0.3, 0.4) is 0 Å². The second-order valence-electron chi connectivity index (χ2n) is 5.54. The van der Waals surface area contributed by atoms with Gasteiger partial charge in [0.2, 0.25) is 0 Å². The van der Waals surface area contributed by atoms with E-state index < -0.39 is 0 Å². The molecule has 0 aromatic carbocycles. The Hall–Kier alpha value is -0.0400. The minimum atomic E-state index is -0.350. The Morgan fingerprint density at radius 1 is 0.786 bits per heavy atom. The van der Waals surface area contributed by atoms with Gasteiger partial charge < -0.3 is 5.11 Å². The van der Waals surface area contributed by atoms with Gasteiger partial charge in [0.25, 0.3) is 0 Å². The topological polar surface area (TPSA) is 20.2 Å². The lowest BCUT2D eigenvalue weighted by atomic mass is 9.71. The van der Waals surface area contributed by atoms with Crippen molar-refractivity contribution in [3.63, 3.8) is 0 Å². The summed E-state index contributed by atoms with van der Waals surface area (Å²) in [6, 6.07) is 0. The maximum absolute atomic E-state index is 10.6. The third-order valence-corrected chi connectivity index (χ3v) is 4.61. The zero-order chi connectivity index (χ0) is 10.0. The van der Waals surface area contributed by atoms with E-state index in [0.29, 0.717) is 11.8 Å². The van der Waals surface area contributed by atoms with Crippen molar-refractivity contribution in [2.75, 3.05) is 0 Å². The van der Waals surface area contributed by atoms with Gasteiger partial charge in [-0.2, -0.15) is 0 Å². The van der Waals surface area contributed by atoms with Crippen molar-refractivity contribution in [1.29, 1.82) is 0 Å². The smallest absolute Gasteiger partial charge is 0.0675 e. The van der Waals surface area contributed by atoms with E-state index in [1.807, 2.05) is 0 Å². The molecule has 0 aromatic rings. The molecule has 0 heterocycles. The lowest BCUT2D eigenvalue weighted by Crippen LogP contribution is -2.42. The molecule has 0 spiro atoms. The normalized spacial score (nSPS) is 30.4. The van der Waals surface area contributed by atoms with Crippen LogP contribution in [0.4, 0.5) is 0 Å². The molecule has 0 amide bonds. The summed E-state index contributed by atoms with van der Waals surface area (Å²) < 4.78 is 0. The first-order valence-corrected chi connectivity index (χ1v) is 6.43. The molecule has 14 heavy (non-hydrogen) atoms. The summed E-state index contributed by atoms with van der Waals surface area (Å²) in [7, 11) is 0. The third kappa shape index (κ3) is 1.98. The lowest BCUT2D eigenvalue weighted by molar-refractivity contribution is -0.0637. The van der Waals surface area contributed by atoms with Gasteiger partial charge >= 0.3 is 0 Å². The van der Waals surface area contributed by atoms with Crippen LogP contribution >= 0.6 is 0 Å². The van der Waals surface area contributed by atoms with Crippen LogP contribution in [0.2, 0.25) is 0 Å². The number of hydrogen-bond donors (Lipinski definition) is 1. The van der Waals surface area contributed by atoms with Crippen molar-refractivity contribution in [3.05, 3.63) is 0 Å². The summed E-state index contributed by atoms with van der Waals surface area (Å²) in [6.07, 6.45) is 11.8. The number of rotatable bonds is 2. The molecule has 2 aliphatic rings. The van der Waals surface area contributed by atoms with Crippen molar-refractivity contribution >= 4 is 0 Å². The van der Waals surface area contributed by atoms with Crippen LogP contribution in [-0.4, -0.2) is 10.7 Å². The van der Waals surface area contributed by atoms with E-state index >= 15 is 0 Å². The Labute approximate surface area is 87.9 Å².